The summed E-state index contributed by atoms with van der Waals surface area (Å²) in [7, 11) is 1.68. The molecular weight excluding hydrogens is 202 g/mol. The van der Waals surface area contributed by atoms with Gasteiger partial charge in [0.1, 0.15) is 0 Å². The topological polar surface area (TPSA) is 47.0 Å². The molecular formula is C12H21N3O. The molecule has 0 aliphatic rings. The monoisotopic (exact) mass is 223 g/mol. The van der Waals surface area contributed by atoms with Gasteiger partial charge in [0.25, 0.3) is 0 Å². The van der Waals surface area contributed by atoms with Gasteiger partial charge in [-0.15, -0.1) is 0 Å². The number of nitrogens with zero attached hydrogens (tertiary/aromatic N) is 2. The summed E-state index contributed by atoms with van der Waals surface area (Å²) in [6.07, 6.45) is 4.76. The van der Waals surface area contributed by atoms with Crippen LogP contribution in [0.15, 0.2) is 12.4 Å². The summed E-state index contributed by atoms with van der Waals surface area (Å²) in [5, 5.41) is 3.09. The lowest BCUT2D eigenvalue weighted by atomic mass is 9.89. The molecule has 0 aliphatic carbocycles. The van der Waals surface area contributed by atoms with Gasteiger partial charge in [0, 0.05) is 26.0 Å². The Labute approximate surface area is 97.5 Å². The van der Waals surface area contributed by atoms with Crippen LogP contribution in [-0.4, -0.2) is 30.2 Å². The molecule has 16 heavy (non-hydrogen) atoms. The smallest absolute Gasteiger partial charge is 0.222 e. The predicted molar refractivity (Wildman–Crippen MR) is 65.6 cm³/mol. The van der Waals surface area contributed by atoms with Crippen LogP contribution in [-0.2, 0) is 11.2 Å². The largest absolute Gasteiger partial charge is 0.383 e. The van der Waals surface area contributed by atoms with Gasteiger partial charge in [-0.05, 0) is 17.4 Å². The van der Waals surface area contributed by atoms with Crippen LogP contribution in [0.25, 0.3) is 0 Å². The van der Waals surface area contributed by atoms with Crippen LogP contribution in [0.5, 0.6) is 0 Å². The number of nitrogens with one attached hydrogen (secondary N) is 1. The maximum Gasteiger partial charge on any atom is 0.222 e. The van der Waals surface area contributed by atoms with Gasteiger partial charge in [0.15, 0.2) is 0 Å². The zero-order chi connectivity index (χ0) is 12.0. The van der Waals surface area contributed by atoms with E-state index in [4.69, 9.17) is 4.74 Å². The second-order valence-electron chi connectivity index (χ2n) is 5.07. The molecule has 0 atom stereocenters. The molecule has 0 aromatic carbocycles. The number of anilines is 1. The van der Waals surface area contributed by atoms with Crippen molar-refractivity contribution in [3.63, 3.8) is 0 Å². The van der Waals surface area contributed by atoms with Gasteiger partial charge < -0.3 is 10.1 Å². The van der Waals surface area contributed by atoms with Crippen molar-refractivity contribution in [3.05, 3.63) is 18.0 Å². The predicted octanol–water partition coefficient (Wildman–Crippen LogP) is 2.12. The van der Waals surface area contributed by atoms with Crippen LogP contribution in [0.1, 0.15) is 26.3 Å². The minimum Gasteiger partial charge on any atom is -0.383 e. The Hall–Kier alpha value is -1.16. The SMILES string of the molecule is COCCNc1ncc(CC(C)(C)C)cn1. The normalized spacial score (nSPS) is 11.5. The first-order valence-corrected chi connectivity index (χ1v) is 5.55. The lowest BCUT2D eigenvalue weighted by Gasteiger charge is -2.17. The molecule has 0 saturated carbocycles. The van der Waals surface area contributed by atoms with Crippen LogP contribution < -0.4 is 5.32 Å². The number of hydrogen-bond donors (Lipinski definition) is 1. The van der Waals surface area contributed by atoms with E-state index in [9.17, 15) is 0 Å². The van der Waals surface area contributed by atoms with Gasteiger partial charge in [-0.1, -0.05) is 20.8 Å². The molecule has 0 radical (unpaired) electrons. The number of rotatable bonds is 5. The number of ether oxygens (including phenoxy) is 1. The summed E-state index contributed by atoms with van der Waals surface area (Å²) >= 11 is 0. The lowest BCUT2D eigenvalue weighted by Crippen LogP contribution is -2.12. The molecule has 1 aromatic heterocycles. The second-order valence-corrected chi connectivity index (χ2v) is 5.07. The van der Waals surface area contributed by atoms with Gasteiger partial charge in [-0.2, -0.15) is 0 Å². The Bertz CT molecular complexity index is 303. The molecule has 0 amide bonds. The highest BCUT2D eigenvalue weighted by Crippen LogP contribution is 2.19. The van der Waals surface area contributed by atoms with Crippen molar-refractivity contribution >= 4 is 5.95 Å². The third-order valence-corrected chi connectivity index (χ3v) is 2.03. The van der Waals surface area contributed by atoms with Crippen LogP contribution in [0, 0.1) is 5.41 Å². The van der Waals surface area contributed by atoms with E-state index in [1.165, 1.54) is 5.56 Å². The van der Waals surface area contributed by atoms with E-state index in [1.807, 2.05) is 12.4 Å². The molecule has 1 rings (SSSR count). The maximum atomic E-state index is 4.94. The van der Waals surface area contributed by atoms with Crippen molar-refractivity contribution in [1.82, 2.24) is 9.97 Å². The fraction of sp³-hybridized carbons (Fsp3) is 0.667. The van der Waals surface area contributed by atoms with Crippen LogP contribution >= 0.6 is 0 Å². The van der Waals surface area contributed by atoms with E-state index in [1.54, 1.807) is 7.11 Å². The number of aromatic nitrogens is 2. The maximum absolute atomic E-state index is 4.94. The molecule has 0 fully saturated rings. The van der Waals surface area contributed by atoms with Gasteiger partial charge in [-0.25, -0.2) is 9.97 Å². The van der Waals surface area contributed by atoms with E-state index in [-0.39, 0.29) is 5.41 Å². The highest BCUT2D eigenvalue weighted by atomic mass is 16.5. The van der Waals surface area contributed by atoms with Gasteiger partial charge >= 0.3 is 0 Å². The van der Waals surface area contributed by atoms with Gasteiger partial charge in [0.05, 0.1) is 6.61 Å². The number of hydrogen-bond acceptors (Lipinski definition) is 4. The van der Waals surface area contributed by atoms with Crippen molar-refractivity contribution in [1.29, 1.82) is 0 Å². The molecule has 0 saturated heterocycles. The summed E-state index contributed by atoms with van der Waals surface area (Å²) in [6, 6.07) is 0. The zero-order valence-electron chi connectivity index (χ0n) is 10.6. The molecule has 0 unspecified atom stereocenters. The Morgan fingerprint density at radius 2 is 1.88 bits per heavy atom. The van der Waals surface area contributed by atoms with Crippen LogP contribution in [0.3, 0.4) is 0 Å². The summed E-state index contributed by atoms with van der Waals surface area (Å²) in [5.41, 5.74) is 1.44. The quantitative estimate of drug-likeness (QED) is 0.777. The number of methoxy groups -OCH3 is 1. The van der Waals surface area contributed by atoms with Gasteiger partial charge in [-0.3, -0.25) is 0 Å². The average Bonchev–Trinajstić information content (AvgIpc) is 2.19. The van der Waals surface area contributed by atoms with Crippen molar-refractivity contribution < 1.29 is 4.74 Å². The highest BCUT2D eigenvalue weighted by Gasteiger charge is 2.11. The van der Waals surface area contributed by atoms with Crippen LogP contribution in [0.2, 0.25) is 0 Å². The first kappa shape index (κ1) is 12.9. The third-order valence-electron chi connectivity index (χ3n) is 2.03. The molecule has 0 aliphatic heterocycles. The lowest BCUT2D eigenvalue weighted by molar-refractivity contribution is 0.210. The molecule has 90 valence electrons. The summed E-state index contributed by atoms with van der Waals surface area (Å²) in [6.45, 7) is 8.01. The third kappa shape index (κ3) is 5.07. The first-order valence-electron chi connectivity index (χ1n) is 5.55. The fourth-order valence-corrected chi connectivity index (χ4v) is 1.41. The van der Waals surface area contributed by atoms with E-state index in [2.05, 4.69) is 36.1 Å². The molecule has 4 nitrogen and oxygen atoms in total. The Kier molecular flexibility index (Phi) is 4.68. The van der Waals surface area contributed by atoms with Crippen molar-refractivity contribution in [2.45, 2.75) is 27.2 Å². The van der Waals surface area contributed by atoms with Gasteiger partial charge in [0.2, 0.25) is 5.95 Å². The molecule has 1 aromatic rings. The Morgan fingerprint density at radius 3 is 2.38 bits per heavy atom. The van der Waals surface area contributed by atoms with Crippen molar-refractivity contribution in [3.8, 4) is 0 Å². The first-order chi connectivity index (χ1) is 7.51. The minimum atomic E-state index is 0.272. The summed E-state index contributed by atoms with van der Waals surface area (Å²) in [5.74, 6) is 0.662. The van der Waals surface area contributed by atoms with E-state index < -0.39 is 0 Å². The van der Waals surface area contributed by atoms with Crippen LogP contribution in [0.4, 0.5) is 5.95 Å². The standard InChI is InChI=1S/C12H21N3O/c1-12(2,3)7-10-8-14-11(15-9-10)13-5-6-16-4/h8-9H,5-7H2,1-4H3,(H,13,14,15). The van der Waals surface area contributed by atoms with E-state index in [0.717, 1.165) is 13.0 Å². The zero-order valence-corrected chi connectivity index (χ0v) is 10.6. The fourth-order valence-electron chi connectivity index (χ4n) is 1.41. The molecule has 0 spiro atoms. The van der Waals surface area contributed by atoms with E-state index >= 15 is 0 Å². The van der Waals surface area contributed by atoms with Crippen molar-refractivity contribution in [2.75, 3.05) is 25.6 Å². The van der Waals surface area contributed by atoms with E-state index in [0.29, 0.717) is 12.6 Å². The average molecular weight is 223 g/mol. The molecule has 4 heteroatoms. The molecule has 0 bridgehead atoms. The molecule has 1 N–H and O–H groups in total. The Balaban J connectivity index is 2.48. The highest BCUT2D eigenvalue weighted by molar-refractivity contribution is 5.24. The summed E-state index contributed by atoms with van der Waals surface area (Å²) < 4.78 is 4.94. The van der Waals surface area contributed by atoms with Crippen molar-refractivity contribution in [2.24, 2.45) is 5.41 Å². The second kappa shape index (κ2) is 5.80. The summed E-state index contributed by atoms with van der Waals surface area (Å²) in [4.78, 5) is 8.51. The molecule has 1 heterocycles. The Morgan fingerprint density at radius 1 is 1.25 bits per heavy atom. The minimum absolute atomic E-state index is 0.272.